The van der Waals surface area contributed by atoms with E-state index in [0.29, 0.717) is 31.9 Å². The molecule has 0 saturated carbocycles. The molecule has 1 aromatic heterocycles. The Kier molecular flexibility index (Phi) is 4.43. The van der Waals surface area contributed by atoms with Crippen molar-refractivity contribution in [2.45, 2.75) is 26.3 Å². The molecule has 1 fully saturated rings. The molecule has 2 heterocycles. The Morgan fingerprint density at radius 1 is 1.58 bits per heavy atom. The number of piperidine rings is 1. The lowest BCUT2D eigenvalue weighted by molar-refractivity contribution is 0.273. The average molecular weight is 287 g/mol. The number of aromatic nitrogens is 2. The van der Waals surface area contributed by atoms with Gasteiger partial charge in [0.25, 0.3) is 0 Å². The molecule has 19 heavy (non-hydrogen) atoms. The molecule has 3 N–H and O–H groups in total. The zero-order valence-corrected chi connectivity index (χ0v) is 11.9. The van der Waals surface area contributed by atoms with Gasteiger partial charge in [-0.05, 0) is 32.2 Å². The van der Waals surface area contributed by atoms with Gasteiger partial charge in [-0.2, -0.15) is 17.8 Å². The van der Waals surface area contributed by atoms with Crippen LogP contribution in [0.3, 0.4) is 0 Å². The van der Waals surface area contributed by atoms with E-state index >= 15 is 0 Å². The third kappa shape index (κ3) is 3.46. The highest BCUT2D eigenvalue weighted by molar-refractivity contribution is 7.90. The summed E-state index contributed by atoms with van der Waals surface area (Å²) in [4.78, 5) is 0. The molecule has 1 unspecified atom stereocenters. The van der Waals surface area contributed by atoms with Crippen LogP contribution in [0.5, 0.6) is 0 Å². The highest BCUT2D eigenvalue weighted by Crippen LogP contribution is 2.19. The van der Waals surface area contributed by atoms with Crippen molar-refractivity contribution in [2.75, 3.05) is 24.4 Å². The predicted molar refractivity (Wildman–Crippen MR) is 73.8 cm³/mol. The van der Waals surface area contributed by atoms with Crippen molar-refractivity contribution < 1.29 is 8.42 Å². The summed E-state index contributed by atoms with van der Waals surface area (Å²) in [7, 11) is -3.50. The largest absolute Gasteiger partial charge is 0.330 e. The number of rotatable bonds is 5. The maximum atomic E-state index is 12.3. The van der Waals surface area contributed by atoms with Crippen molar-refractivity contribution in [3.63, 3.8) is 0 Å². The van der Waals surface area contributed by atoms with Crippen LogP contribution in [0, 0.1) is 5.92 Å². The Morgan fingerprint density at radius 3 is 3.00 bits per heavy atom. The minimum absolute atomic E-state index is 0.253. The molecule has 0 amide bonds. The number of nitrogens with zero attached hydrogens (tertiary/aromatic N) is 3. The molecule has 0 spiro atoms. The summed E-state index contributed by atoms with van der Waals surface area (Å²) in [5, 5.41) is 4.05. The lowest BCUT2D eigenvalue weighted by Gasteiger charge is -2.31. The number of nitrogens with two attached hydrogens (primary N) is 1. The fraction of sp³-hybridized carbons (Fsp3) is 0.727. The number of nitrogens with one attached hydrogen (secondary N) is 1. The molecule has 1 aromatic rings. The van der Waals surface area contributed by atoms with Gasteiger partial charge in [0.15, 0.2) is 0 Å². The lowest BCUT2D eigenvalue weighted by atomic mass is 10.0. The number of anilines is 1. The van der Waals surface area contributed by atoms with E-state index in [1.165, 1.54) is 10.5 Å². The van der Waals surface area contributed by atoms with Crippen molar-refractivity contribution in [3.05, 3.63) is 12.4 Å². The monoisotopic (exact) mass is 287 g/mol. The summed E-state index contributed by atoms with van der Waals surface area (Å²) in [5.41, 5.74) is 6.12. The van der Waals surface area contributed by atoms with E-state index in [4.69, 9.17) is 5.73 Å². The fourth-order valence-electron chi connectivity index (χ4n) is 2.24. The molecule has 108 valence electrons. The maximum Gasteiger partial charge on any atom is 0.301 e. The first kappa shape index (κ1) is 14.3. The normalized spacial score (nSPS) is 21.5. The van der Waals surface area contributed by atoms with Crippen molar-refractivity contribution in [1.82, 2.24) is 14.1 Å². The minimum atomic E-state index is -3.50. The molecule has 7 nitrogen and oxygen atoms in total. The highest BCUT2D eigenvalue weighted by atomic mass is 32.2. The van der Waals surface area contributed by atoms with Crippen LogP contribution in [-0.2, 0) is 16.8 Å². The first-order valence-electron chi connectivity index (χ1n) is 6.55. The van der Waals surface area contributed by atoms with E-state index in [1.54, 1.807) is 10.9 Å². The summed E-state index contributed by atoms with van der Waals surface area (Å²) in [6, 6.07) is 0. The second-order valence-corrected chi connectivity index (χ2v) is 6.46. The van der Waals surface area contributed by atoms with E-state index in [9.17, 15) is 8.42 Å². The third-order valence-corrected chi connectivity index (χ3v) is 4.86. The smallest absolute Gasteiger partial charge is 0.301 e. The predicted octanol–water partition coefficient (Wildman–Crippen LogP) is 0.230. The quantitative estimate of drug-likeness (QED) is 0.810. The Hall–Kier alpha value is -1.12. The second kappa shape index (κ2) is 5.89. The number of hydrogen-bond acceptors (Lipinski definition) is 4. The molecule has 1 saturated heterocycles. The Balaban J connectivity index is 2.05. The van der Waals surface area contributed by atoms with Crippen LogP contribution < -0.4 is 10.5 Å². The maximum absolute atomic E-state index is 12.3. The lowest BCUT2D eigenvalue weighted by Crippen LogP contribution is -2.44. The summed E-state index contributed by atoms with van der Waals surface area (Å²) >= 11 is 0. The van der Waals surface area contributed by atoms with Gasteiger partial charge < -0.3 is 5.73 Å². The topological polar surface area (TPSA) is 93.2 Å². The Labute approximate surface area is 113 Å². The molecule has 8 heteroatoms. The van der Waals surface area contributed by atoms with E-state index in [0.717, 1.165) is 12.8 Å². The van der Waals surface area contributed by atoms with Gasteiger partial charge in [0.2, 0.25) is 0 Å². The van der Waals surface area contributed by atoms with Gasteiger partial charge >= 0.3 is 10.2 Å². The number of aryl methyl sites for hydroxylation is 1. The van der Waals surface area contributed by atoms with Crippen molar-refractivity contribution in [2.24, 2.45) is 11.7 Å². The van der Waals surface area contributed by atoms with Gasteiger partial charge in [0, 0.05) is 25.8 Å². The van der Waals surface area contributed by atoms with Crippen LogP contribution in [0.1, 0.15) is 19.8 Å². The molecular formula is C11H21N5O2S. The first-order valence-corrected chi connectivity index (χ1v) is 7.99. The first-order chi connectivity index (χ1) is 9.05. The van der Waals surface area contributed by atoms with Crippen molar-refractivity contribution in [1.29, 1.82) is 0 Å². The van der Waals surface area contributed by atoms with Gasteiger partial charge in [0.1, 0.15) is 0 Å². The van der Waals surface area contributed by atoms with Crippen LogP contribution in [0.4, 0.5) is 5.69 Å². The summed E-state index contributed by atoms with van der Waals surface area (Å²) in [5.74, 6) is 0.253. The van der Waals surface area contributed by atoms with Crippen LogP contribution in [-0.4, -0.2) is 42.1 Å². The van der Waals surface area contributed by atoms with Crippen LogP contribution in [0.25, 0.3) is 0 Å². The molecule has 2 rings (SSSR count). The van der Waals surface area contributed by atoms with Crippen LogP contribution in [0.15, 0.2) is 12.4 Å². The molecule has 0 radical (unpaired) electrons. The van der Waals surface area contributed by atoms with E-state index in [-0.39, 0.29) is 5.92 Å². The summed E-state index contributed by atoms with van der Waals surface area (Å²) < 4.78 is 30.2. The molecule has 0 bridgehead atoms. The van der Waals surface area contributed by atoms with Gasteiger partial charge in [-0.3, -0.25) is 9.40 Å². The Bertz CT molecular complexity index is 513. The van der Waals surface area contributed by atoms with Gasteiger partial charge in [-0.15, -0.1) is 0 Å². The second-order valence-electron chi connectivity index (χ2n) is 4.79. The highest BCUT2D eigenvalue weighted by Gasteiger charge is 2.28. The van der Waals surface area contributed by atoms with Gasteiger partial charge in [-0.25, -0.2) is 0 Å². The van der Waals surface area contributed by atoms with Gasteiger partial charge in [0.05, 0.1) is 11.9 Å². The molecular weight excluding hydrogens is 266 g/mol. The third-order valence-electron chi connectivity index (χ3n) is 3.36. The molecule has 1 aliphatic rings. The van der Waals surface area contributed by atoms with Crippen LogP contribution in [0.2, 0.25) is 0 Å². The van der Waals surface area contributed by atoms with E-state index < -0.39 is 10.2 Å². The van der Waals surface area contributed by atoms with Gasteiger partial charge in [-0.1, -0.05) is 0 Å². The van der Waals surface area contributed by atoms with Crippen LogP contribution >= 0.6 is 0 Å². The molecule has 0 aromatic carbocycles. The van der Waals surface area contributed by atoms with Crippen molar-refractivity contribution >= 4 is 15.9 Å². The molecule has 1 atom stereocenters. The van der Waals surface area contributed by atoms with E-state index in [1.807, 2.05) is 6.92 Å². The zero-order chi connectivity index (χ0) is 13.9. The fourth-order valence-corrected chi connectivity index (χ4v) is 3.55. The summed E-state index contributed by atoms with van der Waals surface area (Å²) in [6.07, 6.45) is 5.06. The van der Waals surface area contributed by atoms with E-state index in [2.05, 4.69) is 9.82 Å². The molecule has 0 aliphatic carbocycles. The minimum Gasteiger partial charge on any atom is -0.330 e. The van der Waals surface area contributed by atoms with Crippen molar-refractivity contribution in [3.8, 4) is 0 Å². The zero-order valence-electron chi connectivity index (χ0n) is 11.1. The standard InChI is InChI=1S/C11H21N5O2S/c1-2-15-9-11(7-13-15)14-19(17,18)16-5-3-4-10(6-12)8-16/h7,9-10,14H,2-6,8,12H2,1H3. The SMILES string of the molecule is CCn1cc(NS(=O)(=O)N2CCCC(CN)C2)cn1. The Morgan fingerprint density at radius 2 is 2.37 bits per heavy atom. The number of hydrogen-bond donors (Lipinski definition) is 2. The molecule has 1 aliphatic heterocycles. The summed E-state index contributed by atoms with van der Waals surface area (Å²) in [6.45, 7) is 4.23. The average Bonchev–Trinajstić information content (AvgIpc) is 2.85.